The van der Waals surface area contributed by atoms with Crippen LogP contribution < -0.4 is 5.32 Å². The van der Waals surface area contributed by atoms with Crippen LogP contribution in [0.1, 0.15) is 43.9 Å². The largest absolute Gasteiger partial charge is 0.370 e. The molecule has 0 saturated heterocycles. The van der Waals surface area contributed by atoms with Gasteiger partial charge in [0.05, 0.1) is 11.8 Å². The van der Waals surface area contributed by atoms with E-state index >= 15 is 0 Å². The van der Waals surface area contributed by atoms with E-state index in [1.165, 1.54) is 30.5 Å². The molecule has 5 heteroatoms. The molecule has 0 atom stereocenters. The third kappa shape index (κ3) is 3.06. The van der Waals surface area contributed by atoms with Gasteiger partial charge in [0, 0.05) is 31.0 Å². The van der Waals surface area contributed by atoms with Gasteiger partial charge in [-0.15, -0.1) is 0 Å². The minimum atomic E-state index is 0.794. The van der Waals surface area contributed by atoms with Crippen molar-refractivity contribution >= 4 is 5.82 Å². The van der Waals surface area contributed by atoms with Crippen molar-refractivity contribution in [3.63, 3.8) is 0 Å². The average Bonchev–Trinajstić information content (AvgIpc) is 2.78. The number of aromatic nitrogens is 4. The number of anilines is 1. The molecule has 0 aromatic carbocycles. The molecule has 0 fully saturated rings. The summed E-state index contributed by atoms with van der Waals surface area (Å²) in [5.41, 5.74) is 3.54. The molecule has 112 valence electrons. The van der Waals surface area contributed by atoms with Crippen LogP contribution in [0.5, 0.6) is 0 Å². The zero-order chi connectivity index (χ0) is 14.7. The van der Waals surface area contributed by atoms with E-state index in [-0.39, 0.29) is 0 Å². The summed E-state index contributed by atoms with van der Waals surface area (Å²) in [5.74, 6) is 1.82. The zero-order valence-electron chi connectivity index (χ0n) is 12.9. The van der Waals surface area contributed by atoms with Crippen LogP contribution in [-0.4, -0.2) is 26.3 Å². The molecule has 0 bridgehead atoms. The number of fused-ring (bicyclic) bond motifs is 1. The van der Waals surface area contributed by atoms with E-state index in [1.807, 2.05) is 19.4 Å². The van der Waals surface area contributed by atoms with Crippen LogP contribution >= 0.6 is 0 Å². The monoisotopic (exact) mass is 285 g/mol. The van der Waals surface area contributed by atoms with Crippen LogP contribution in [0.4, 0.5) is 5.82 Å². The topological polar surface area (TPSA) is 55.6 Å². The summed E-state index contributed by atoms with van der Waals surface area (Å²) in [6, 6.07) is 0. The first-order chi connectivity index (χ1) is 10.3. The second kappa shape index (κ2) is 6.24. The van der Waals surface area contributed by atoms with Crippen molar-refractivity contribution < 1.29 is 0 Å². The third-order valence-corrected chi connectivity index (χ3v) is 3.94. The zero-order valence-corrected chi connectivity index (χ0v) is 12.9. The van der Waals surface area contributed by atoms with Crippen molar-refractivity contribution in [3.05, 3.63) is 23.7 Å². The van der Waals surface area contributed by atoms with E-state index in [9.17, 15) is 0 Å². The van der Waals surface area contributed by atoms with Crippen molar-refractivity contribution in [1.29, 1.82) is 0 Å². The summed E-state index contributed by atoms with van der Waals surface area (Å²) >= 11 is 0. The van der Waals surface area contributed by atoms with Gasteiger partial charge in [0.2, 0.25) is 0 Å². The Morgan fingerprint density at radius 3 is 2.81 bits per heavy atom. The molecule has 21 heavy (non-hydrogen) atoms. The SMILES string of the molecule is CCCNc1nc(-c2cnn(C)c2)nc2c1CCCCC2. The quantitative estimate of drug-likeness (QED) is 0.877. The van der Waals surface area contributed by atoms with Crippen molar-refractivity contribution in [1.82, 2.24) is 19.7 Å². The van der Waals surface area contributed by atoms with E-state index in [0.29, 0.717) is 0 Å². The maximum atomic E-state index is 4.82. The molecule has 0 radical (unpaired) electrons. The van der Waals surface area contributed by atoms with Crippen LogP contribution in [0.3, 0.4) is 0 Å². The summed E-state index contributed by atoms with van der Waals surface area (Å²) in [4.78, 5) is 9.59. The van der Waals surface area contributed by atoms with Gasteiger partial charge in [-0.2, -0.15) is 5.10 Å². The van der Waals surface area contributed by atoms with Gasteiger partial charge in [0.15, 0.2) is 5.82 Å². The van der Waals surface area contributed by atoms with Crippen LogP contribution in [0, 0.1) is 0 Å². The van der Waals surface area contributed by atoms with E-state index in [0.717, 1.165) is 43.0 Å². The Labute approximate surface area is 125 Å². The lowest BCUT2D eigenvalue weighted by atomic mass is 10.1. The molecule has 2 aromatic rings. The first-order valence-electron chi connectivity index (χ1n) is 7.90. The van der Waals surface area contributed by atoms with Crippen LogP contribution in [-0.2, 0) is 19.9 Å². The van der Waals surface area contributed by atoms with E-state index < -0.39 is 0 Å². The first kappa shape index (κ1) is 14.0. The van der Waals surface area contributed by atoms with Crippen molar-refractivity contribution in [2.75, 3.05) is 11.9 Å². The molecule has 1 aliphatic rings. The predicted octanol–water partition coefficient (Wildman–Crippen LogP) is 2.97. The molecular formula is C16H23N5. The van der Waals surface area contributed by atoms with E-state index in [4.69, 9.17) is 9.97 Å². The van der Waals surface area contributed by atoms with Crippen molar-refractivity contribution in [3.8, 4) is 11.4 Å². The minimum Gasteiger partial charge on any atom is -0.370 e. The molecule has 0 aliphatic heterocycles. The minimum absolute atomic E-state index is 0.794. The Hall–Kier alpha value is -1.91. The van der Waals surface area contributed by atoms with Crippen molar-refractivity contribution in [2.24, 2.45) is 7.05 Å². The lowest BCUT2D eigenvalue weighted by Gasteiger charge is -2.14. The van der Waals surface area contributed by atoms with Gasteiger partial charge in [0.1, 0.15) is 5.82 Å². The summed E-state index contributed by atoms with van der Waals surface area (Å²) in [7, 11) is 1.92. The summed E-state index contributed by atoms with van der Waals surface area (Å²) < 4.78 is 1.80. The van der Waals surface area contributed by atoms with Gasteiger partial charge in [-0.05, 0) is 32.1 Å². The highest BCUT2D eigenvalue weighted by Crippen LogP contribution is 2.27. The van der Waals surface area contributed by atoms with Gasteiger partial charge in [-0.1, -0.05) is 13.3 Å². The summed E-state index contributed by atoms with van der Waals surface area (Å²) in [5, 5.41) is 7.72. The Morgan fingerprint density at radius 1 is 1.19 bits per heavy atom. The molecule has 0 saturated carbocycles. The summed E-state index contributed by atoms with van der Waals surface area (Å²) in [6.45, 7) is 3.13. The normalized spacial score (nSPS) is 14.6. The van der Waals surface area contributed by atoms with Crippen LogP contribution in [0.25, 0.3) is 11.4 Å². The van der Waals surface area contributed by atoms with E-state index in [1.54, 1.807) is 4.68 Å². The van der Waals surface area contributed by atoms with Gasteiger partial charge in [-0.3, -0.25) is 4.68 Å². The fraction of sp³-hybridized carbons (Fsp3) is 0.562. The number of rotatable bonds is 4. The number of hydrogen-bond acceptors (Lipinski definition) is 4. The second-order valence-electron chi connectivity index (χ2n) is 5.71. The number of nitrogens with one attached hydrogen (secondary N) is 1. The number of aryl methyl sites for hydroxylation is 2. The van der Waals surface area contributed by atoms with Crippen molar-refractivity contribution in [2.45, 2.75) is 45.4 Å². The standard InChI is InChI=1S/C16H23N5/c1-3-9-17-16-13-7-5-4-6-8-14(13)19-15(20-16)12-10-18-21(2)11-12/h10-11H,3-9H2,1-2H3,(H,17,19,20). The molecule has 3 rings (SSSR count). The fourth-order valence-corrected chi connectivity index (χ4v) is 2.83. The van der Waals surface area contributed by atoms with Crippen LogP contribution in [0.2, 0.25) is 0 Å². The highest BCUT2D eigenvalue weighted by molar-refractivity contribution is 5.58. The molecule has 1 N–H and O–H groups in total. The first-order valence-corrected chi connectivity index (χ1v) is 7.90. The van der Waals surface area contributed by atoms with Gasteiger partial charge in [-0.25, -0.2) is 9.97 Å². The highest BCUT2D eigenvalue weighted by Gasteiger charge is 2.17. The Balaban J connectivity index is 2.03. The molecule has 0 amide bonds. The number of nitrogens with zero attached hydrogens (tertiary/aromatic N) is 4. The Morgan fingerprint density at radius 2 is 2.05 bits per heavy atom. The molecule has 0 spiro atoms. The maximum absolute atomic E-state index is 4.82. The molecule has 0 unspecified atom stereocenters. The fourth-order valence-electron chi connectivity index (χ4n) is 2.83. The highest BCUT2D eigenvalue weighted by atomic mass is 15.2. The van der Waals surface area contributed by atoms with Gasteiger partial charge >= 0.3 is 0 Å². The lowest BCUT2D eigenvalue weighted by Crippen LogP contribution is -2.10. The molecular weight excluding hydrogens is 262 g/mol. The van der Waals surface area contributed by atoms with Gasteiger partial charge in [0.25, 0.3) is 0 Å². The Kier molecular flexibility index (Phi) is 4.18. The Bertz CT molecular complexity index is 617. The molecule has 1 aliphatic carbocycles. The van der Waals surface area contributed by atoms with Gasteiger partial charge < -0.3 is 5.32 Å². The van der Waals surface area contributed by atoms with Crippen LogP contribution in [0.15, 0.2) is 12.4 Å². The molecule has 5 nitrogen and oxygen atoms in total. The van der Waals surface area contributed by atoms with E-state index in [2.05, 4.69) is 17.3 Å². The summed E-state index contributed by atoms with van der Waals surface area (Å²) in [6.07, 6.45) is 10.8. The number of hydrogen-bond donors (Lipinski definition) is 1. The lowest BCUT2D eigenvalue weighted by molar-refractivity contribution is 0.709. The molecule has 2 heterocycles. The maximum Gasteiger partial charge on any atom is 0.164 e. The average molecular weight is 285 g/mol. The predicted molar refractivity (Wildman–Crippen MR) is 84.3 cm³/mol. The smallest absolute Gasteiger partial charge is 0.164 e. The third-order valence-electron chi connectivity index (χ3n) is 3.94. The molecule has 2 aromatic heterocycles. The second-order valence-corrected chi connectivity index (χ2v) is 5.71.